The molecule has 7 nitrogen and oxygen atoms in total. The Morgan fingerprint density at radius 1 is 1.40 bits per heavy atom. The number of aromatic nitrogens is 3. The third kappa shape index (κ3) is 4.61. The van der Waals surface area contributed by atoms with Crippen LogP contribution in [0.4, 0.5) is 0 Å². The van der Waals surface area contributed by atoms with E-state index in [1.165, 1.54) is 0 Å². The van der Waals surface area contributed by atoms with Crippen molar-refractivity contribution < 1.29 is 4.79 Å². The number of rotatable bonds is 7. The Hall–Kier alpha value is -1.86. The third-order valence-electron chi connectivity index (χ3n) is 4.47. The molecule has 0 aliphatic heterocycles. The van der Waals surface area contributed by atoms with Gasteiger partial charge in [0, 0.05) is 25.3 Å². The van der Waals surface area contributed by atoms with Crippen molar-refractivity contribution in [2.45, 2.75) is 52.5 Å². The van der Waals surface area contributed by atoms with Gasteiger partial charge in [-0.15, -0.1) is 12.4 Å². The maximum atomic E-state index is 12.4. The molecule has 0 radical (unpaired) electrons. The zero-order valence-electron chi connectivity index (χ0n) is 15.3. The first kappa shape index (κ1) is 21.2. The van der Waals surface area contributed by atoms with E-state index in [1.807, 2.05) is 13.8 Å². The SMILES string of the molecule is CCCCC(CN)NC(=O)Cc1c(C)nc2c(c1C)c(=O)[nH]n2C.Cl. The van der Waals surface area contributed by atoms with Gasteiger partial charge in [-0.1, -0.05) is 19.8 Å². The molecule has 0 bridgehead atoms. The summed E-state index contributed by atoms with van der Waals surface area (Å²) in [6.45, 7) is 6.27. The quantitative estimate of drug-likeness (QED) is 0.687. The van der Waals surface area contributed by atoms with Crippen molar-refractivity contribution in [3.05, 3.63) is 27.2 Å². The largest absolute Gasteiger partial charge is 0.352 e. The molecule has 2 heterocycles. The van der Waals surface area contributed by atoms with Crippen molar-refractivity contribution in [2.24, 2.45) is 12.8 Å². The van der Waals surface area contributed by atoms with Crippen LogP contribution in [0, 0.1) is 13.8 Å². The van der Waals surface area contributed by atoms with Crippen LogP contribution in [-0.4, -0.2) is 33.3 Å². The summed E-state index contributed by atoms with van der Waals surface area (Å²) in [6.07, 6.45) is 3.19. The summed E-state index contributed by atoms with van der Waals surface area (Å²) in [7, 11) is 1.75. The van der Waals surface area contributed by atoms with Crippen molar-refractivity contribution in [1.82, 2.24) is 20.1 Å². The first-order valence-corrected chi connectivity index (χ1v) is 8.43. The number of aromatic amines is 1. The monoisotopic (exact) mass is 369 g/mol. The fourth-order valence-electron chi connectivity index (χ4n) is 3.05. The highest BCUT2D eigenvalue weighted by Gasteiger charge is 2.18. The van der Waals surface area contributed by atoms with Crippen LogP contribution >= 0.6 is 12.4 Å². The first-order valence-electron chi connectivity index (χ1n) is 8.43. The predicted octanol–water partition coefficient (Wildman–Crippen LogP) is 1.48. The molecule has 0 aliphatic carbocycles. The number of halogens is 1. The molecule has 0 aliphatic rings. The van der Waals surface area contributed by atoms with Crippen molar-refractivity contribution in [3.63, 3.8) is 0 Å². The molecule has 2 aromatic rings. The standard InChI is InChI=1S/C17H27N5O2.ClH/c1-5-6-7-12(9-18)20-14(23)8-13-10(2)15-16(19-11(13)3)22(4)21-17(15)24;/h12H,5-9,18H2,1-4H3,(H,20,23)(H,21,24);1H. The van der Waals surface area contributed by atoms with E-state index in [4.69, 9.17) is 5.73 Å². The molecule has 0 fully saturated rings. The third-order valence-corrected chi connectivity index (χ3v) is 4.47. The predicted molar refractivity (Wildman–Crippen MR) is 102 cm³/mol. The van der Waals surface area contributed by atoms with Gasteiger partial charge in [-0.25, -0.2) is 4.98 Å². The molecule has 1 unspecified atom stereocenters. The lowest BCUT2D eigenvalue weighted by Crippen LogP contribution is -2.41. The zero-order chi connectivity index (χ0) is 17.9. The Kier molecular flexibility index (Phi) is 7.63. The Balaban J connectivity index is 0.00000312. The van der Waals surface area contributed by atoms with Crippen molar-refractivity contribution >= 4 is 29.3 Å². The summed E-state index contributed by atoms with van der Waals surface area (Å²) in [6, 6.07) is -0.00474. The van der Waals surface area contributed by atoms with E-state index in [0.717, 1.165) is 36.1 Å². The van der Waals surface area contributed by atoms with E-state index in [-0.39, 0.29) is 36.3 Å². The molecule has 0 saturated heterocycles. The number of amides is 1. The summed E-state index contributed by atoms with van der Waals surface area (Å²) in [5.41, 5.74) is 8.56. The van der Waals surface area contributed by atoms with E-state index < -0.39 is 0 Å². The summed E-state index contributed by atoms with van der Waals surface area (Å²) < 4.78 is 1.61. The Morgan fingerprint density at radius 3 is 2.68 bits per heavy atom. The molecule has 0 saturated carbocycles. The number of pyridine rings is 1. The van der Waals surface area contributed by atoms with Crippen molar-refractivity contribution in [1.29, 1.82) is 0 Å². The molecule has 25 heavy (non-hydrogen) atoms. The average molecular weight is 370 g/mol. The number of unbranched alkanes of at least 4 members (excludes halogenated alkanes) is 1. The fraction of sp³-hybridized carbons (Fsp3) is 0.588. The highest BCUT2D eigenvalue weighted by Crippen LogP contribution is 2.20. The maximum Gasteiger partial charge on any atom is 0.273 e. The summed E-state index contributed by atoms with van der Waals surface area (Å²) in [4.78, 5) is 29.0. The van der Waals surface area contributed by atoms with Crippen LogP contribution in [0.3, 0.4) is 0 Å². The van der Waals surface area contributed by atoms with Gasteiger partial charge in [0.25, 0.3) is 5.56 Å². The number of carbonyl (C=O) groups is 1. The number of hydrogen-bond acceptors (Lipinski definition) is 4. The summed E-state index contributed by atoms with van der Waals surface area (Å²) in [5.74, 6) is -0.0822. The summed E-state index contributed by atoms with van der Waals surface area (Å²) >= 11 is 0. The van der Waals surface area contributed by atoms with Crippen LogP contribution in [0.5, 0.6) is 0 Å². The summed E-state index contributed by atoms with van der Waals surface area (Å²) in [5, 5.41) is 6.25. The highest BCUT2D eigenvalue weighted by molar-refractivity contribution is 5.85. The molecule has 2 rings (SSSR count). The second-order valence-electron chi connectivity index (χ2n) is 6.32. The zero-order valence-corrected chi connectivity index (χ0v) is 16.1. The normalized spacial score (nSPS) is 12.0. The molecule has 1 atom stereocenters. The maximum absolute atomic E-state index is 12.4. The van der Waals surface area contributed by atoms with Gasteiger partial charge in [0.2, 0.25) is 5.91 Å². The van der Waals surface area contributed by atoms with Crippen LogP contribution in [0.25, 0.3) is 11.0 Å². The van der Waals surface area contributed by atoms with E-state index >= 15 is 0 Å². The molecule has 140 valence electrons. The second-order valence-corrected chi connectivity index (χ2v) is 6.32. The number of fused-ring (bicyclic) bond motifs is 1. The molecule has 4 N–H and O–H groups in total. The lowest BCUT2D eigenvalue weighted by Gasteiger charge is -2.17. The Bertz CT molecular complexity index is 796. The number of hydrogen-bond donors (Lipinski definition) is 3. The molecule has 1 amide bonds. The molecule has 0 spiro atoms. The van der Waals surface area contributed by atoms with Gasteiger partial charge in [0.05, 0.1) is 11.8 Å². The van der Waals surface area contributed by atoms with Crippen LogP contribution < -0.4 is 16.6 Å². The molecule has 8 heteroatoms. The first-order chi connectivity index (χ1) is 11.4. The van der Waals surface area contributed by atoms with E-state index in [1.54, 1.807) is 11.7 Å². The molecule has 2 aromatic heterocycles. The smallest absolute Gasteiger partial charge is 0.273 e. The number of aryl methyl sites for hydroxylation is 3. The fourth-order valence-corrected chi connectivity index (χ4v) is 3.05. The molecular formula is C17H28ClN5O2. The molecular weight excluding hydrogens is 342 g/mol. The van der Waals surface area contributed by atoms with Crippen LogP contribution in [0.15, 0.2) is 4.79 Å². The lowest BCUT2D eigenvalue weighted by atomic mass is 10.0. The van der Waals surface area contributed by atoms with Gasteiger partial charge in [0.15, 0.2) is 5.65 Å². The number of nitrogens with zero attached hydrogens (tertiary/aromatic N) is 2. The second kappa shape index (κ2) is 9.01. The number of carbonyl (C=O) groups excluding carboxylic acids is 1. The van der Waals surface area contributed by atoms with Crippen molar-refractivity contribution in [3.8, 4) is 0 Å². The Labute approximate surface area is 153 Å². The molecule has 0 aromatic carbocycles. The number of nitrogens with two attached hydrogens (primary N) is 1. The highest BCUT2D eigenvalue weighted by atomic mass is 35.5. The van der Waals surface area contributed by atoms with Crippen LogP contribution in [-0.2, 0) is 18.3 Å². The minimum absolute atomic E-state index is 0. The lowest BCUT2D eigenvalue weighted by molar-refractivity contribution is -0.121. The van der Waals surface area contributed by atoms with Gasteiger partial charge in [-0.3, -0.25) is 19.4 Å². The average Bonchev–Trinajstić information content (AvgIpc) is 2.81. The minimum atomic E-state index is -0.179. The Morgan fingerprint density at radius 2 is 2.08 bits per heavy atom. The topological polar surface area (TPSA) is 106 Å². The minimum Gasteiger partial charge on any atom is -0.352 e. The van der Waals surface area contributed by atoms with Gasteiger partial charge in [-0.2, -0.15) is 0 Å². The van der Waals surface area contributed by atoms with Crippen LogP contribution in [0.2, 0.25) is 0 Å². The number of H-pyrrole nitrogens is 1. The van der Waals surface area contributed by atoms with E-state index in [0.29, 0.717) is 17.6 Å². The van der Waals surface area contributed by atoms with Gasteiger partial charge in [0.1, 0.15) is 0 Å². The van der Waals surface area contributed by atoms with Crippen LogP contribution in [0.1, 0.15) is 43.0 Å². The van der Waals surface area contributed by atoms with Gasteiger partial charge in [-0.05, 0) is 31.4 Å². The van der Waals surface area contributed by atoms with Crippen molar-refractivity contribution in [2.75, 3.05) is 6.54 Å². The number of nitrogens with one attached hydrogen (secondary N) is 2. The van der Waals surface area contributed by atoms with Gasteiger partial charge < -0.3 is 11.1 Å². The van der Waals surface area contributed by atoms with E-state index in [9.17, 15) is 9.59 Å². The van der Waals surface area contributed by atoms with Gasteiger partial charge >= 0.3 is 0 Å². The van der Waals surface area contributed by atoms with E-state index in [2.05, 4.69) is 22.3 Å².